The van der Waals surface area contributed by atoms with Crippen molar-refractivity contribution in [2.45, 2.75) is 32.8 Å². The summed E-state index contributed by atoms with van der Waals surface area (Å²) in [6.45, 7) is 5.73. The molecule has 0 aliphatic carbocycles. The van der Waals surface area contributed by atoms with Gasteiger partial charge in [-0.3, -0.25) is 0 Å². The van der Waals surface area contributed by atoms with E-state index in [1.165, 1.54) is 14.2 Å². The molecule has 0 amide bonds. The van der Waals surface area contributed by atoms with Gasteiger partial charge in [-0.1, -0.05) is 25.4 Å². The van der Waals surface area contributed by atoms with Crippen LogP contribution in [0.3, 0.4) is 0 Å². The first-order valence-electron chi connectivity index (χ1n) is 6.67. The fraction of sp³-hybridized carbons (Fsp3) is 0.533. The standard InChI is InChI=1S/C15H21ClO5/c1-6-21-15(18)13(17)11-12(16)9(8(2)3)7-10(19-4)14(11)20-5/h7-8,13,17H,6H2,1-5H3. The van der Waals surface area contributed by atoms with Gasteiger partial charge in [-0.25, -0.2) is 4.79 Å². The van der Waals surface area contributed by atoms with Crippen LogP contribution in [0.4, 0.5) is 0 Å². The average Bonchev–Trinajstić information content (AvgIpc) is 2.45. The molecule has 1 rings (SSSR count). The molecule has 0 saturated heterocycles. The number of methoxy groups -OCH3 is 2. The third-order valence-corrected chi connectivity index (χ3v) is 3.50. The molecule has 1 aromatic carbocycles. The highest BCUT2D eigenvalue weighted by Gasteiger charge is 2.30. The van der Waals surface area contributed by atoms with Crippen LogP contribution in [0.5, 0.6) is 11.5 Å². The topological polar surface area (TPSA) is 65.0 Å². The summed E-state index contributed by atoms with van der Waals surface area (Å²) in [5, 5.41) is 10.5. The van der Waals surface area contributed by atoms with Crippen LogP contribution in [0.25, 0.3) is 0 Å². The number of ether oxygens (including phenoxy) is 3. The smallest absolute Gasteiger partial charge is 0.339 e. The molecule has 0 aliphatic heterocycles. The van der Waals surface area contributed by atoms with Crippen molar-refractivity contribution in [3.63, 3.8) is 0 Å². The SMILES string of the molecule is CCOC(=O)C(O)c1c(Cl)c(C(C)C)cc(OC)c1OC. The molecular formula is C15H21ClO5. The number of halogens is 1. The summed E-state index contributed by atoms with van der Waals surface area (Å²) in [6.07, 6.45) is -1.53. The Morgan fingerprint density at radius 2 is 1.95 bits per heavy atom. The van der Waals surface area contributed by atoms with E-state index in [0.717, 1.165) is 5.56 Å². The van der Waals surface area contributed by atoms with Gasteiger partial charge in [-0.2, -0.15) is 0 Å². The Bertz CT molecular complexity index is 513. The van der Waals surface area contributed by atoms with Crippen molar-refractivity contribution >= 4 is 17.6 Å². The van der Waals surface area contributed by atoms with Crippen LogP contribution >= 0.6 is 11.6 Å². The summed E-state index contributed by atoms with van der Waals surface area (Å²) in [4.78, 5) is 11.8. The fourth-order valence-electron chi connectivity index (χ4n) is 2.02. The van der Waals surface area contributed by atoms with Crippen molar-refractivity contribution in [2.24, 2.45) is 0 Å². The zero-order valence-corrected chi connectivity index (χ0v) is 13.7. The van der Waals surface area contributed by atoms with Crippen molar-refractivity contribution < 1.29 is 24.1 Å². The molecule has 1 aromatic rings. The minimum absolute atomic E-state index is 0.0884. The molecule has 0 radical (unpaired) electrons. The van der Waals surface area contributed by atoms with Gasteiger partial charge in [0, 0.05) is 0 Å². The predicted octanol–water partition coefficient (Wildman–Crippen LogP) is 3.08. The van der Waals surface area contributed by atoms with Crippen molar-refractivity contribution in [2.75, 3.05) is 20.8 Å². The molecule has 0 aromatic heterocycles. The molecule has 0 aliphatic rings. The predicted molar refractivity (Wildman–Crippen MR) is 80.2 cm³/mol. The summed E-state index contributed by atoms with van der Waals surface area (Å²) in [5.41, 5.74) is 0.924. The van der Waals surface area contributed by atoms with Crippen LogP contribution in [0.2, 0.25) is 5.02 Å². The molecule has 1 N–H and O–H groups in total. The lowest BCUT2D eigenvalue weighted by atomic mass is 9.96. The molecule has 21 heavy (non-hydrogen) atoms. The zero-order valence-electron chi connectivity index (χ0n) is 12.9. The van der Waals surface area contributed by atoms with Gasteiger partial charge in [0.2, 0.25) is 0 Å². The number of rotatable bonds is 6. The highest BCUT2D eigenvalue weighted by Crippen LogP contribution is 2.44. The molecule has 0 bridgehead atoms. The lowest BCUT2D eigenvalue weighted by Gasteiger charge is -2.21. The van der Waals surface area contributed by atoms with Crippen LogP contribution in [0.15, 0.2) is 6.07 Å². The molecule has 1 unspecified atom stereocenters. The summed E-state index contributed by atoms with van der Waals surface area (Å²) in [6, 6.07) is 1.74. The number of hydrogen-bond acceptors (Lipinski definition) is 5. The van der Waals surface area contributed by atoms with Crippen LogP contribution in [0.1, 0.15) is 43.9 Å². The zero-order chi connectivity index (χ0) is 16.2. The molecule has 6 heteroatoms. The highest BCUT2D eigenvalue weighted by atomic mass is 35.5. The molecule has 0 heterocycles. The third kappa shape index (κ3) is 3.60. The van der Waals surface area contributed by atoms with Gasteiger partial charge in [0.1, 0.15) is 0 Å². The van der Waals surface area contributed by atoms with Crippen LogP contribution in [-0.2, 0) is 9.53 Å². The Kier molecular flexibility index (Phi) is 6.30. The summed E-state index contributed by atoms with van der Waals surface area (Å²) >= 11 is 6.35. The Labute approximate surface area is 129 Å². The normalized spacial score (nSPS) is 12.2. The summed E-state index contributed by atoms with van der Waals surface area (Å²) in [7, 11) is 2.90. The molecular weight excluding hydrogens is 296 g/mol. The first-order valence-corrected chi connectivity index (χ1v) is 7.05. The Morgan fingerprint density at radius 1 is 1.33 bits per heavy atom. The lowest BCUT2D eigenvalue weighted by molar-refractivity contribution is -0.153. The van der Waals surface area contributed by atoms with Gasteiger partial charge in [0.05, 0.1) is 31.4 Å². The lowest BCUT2D eigenvalue weighted by Crippen LogP contribution is -2.17. The van der Waals surface area contributed by atoms with E-state index < -0.39 is 12.1 Å². The third-order valence-electron chi connectivity index (χ3n) is 3.07. The van der Waals surface area contributed by atoms with E-state index in [1.54, 1.807) is 13.0 Å². The van der Waals surface area contributed by atoms with Gasteiger partial charge in [0.15, 0.2) is 17.6 Å². The van der Waals surface area contributed by atoms with Crippen molar-refractivity contribution in [3.8, 4) is 11.5 Å². The van der Waals surface area contributed by atoms with Gasteiger partial charge < -0.3 is 19.3 Å². The van der Waals surface area contributed by atoms with E-state index in [-0.39, 0.29) is 28.9 Å². The van der Waals surface area contributed by atoms with Gasteiger partial charge in [-0.05, 0) is 24.5 Å². The molecule has 0 fully saturated rings. The molecule has 118 valence electrons. The van der Waals surface area contributed by atoms with Crippen molar-refractivity contribution in [3.05, 3.63) is 22.2 Å². The van der Waals surface area contributed by atoms with Gasteiger partial charge in [0.25, 0.3) is 0 Å². The van der Waals surface area contributed by atoms with Crippen LogP contribution in [-0.4, -0.2) is 31.9 Å². The number of aliphatic hydroxyl groups excluding tert-OH is 1. The van der Waals surface area contributed by atoms with E-state index in [1.807, 2.05) is 13.8 Å². The second kappa shape index (κ2) is 7.52. The number of carbonyl (C=O) groups is 1. The average molecular weight is 317 g/mol. The van der Waals surface area contributed by atoms with E-state index >= 15 is 0 Å². The Balaban J connectivity index is 3.52. The maximum atomic E-state index is 11.8. The number of carbonyl (C=O) groups excluding carboxylic acids is 1. The molecule has 1 atom stereocenters. The Morgan fingerprint density at radius 3 is 2.38 bits per heavy atom. The molecule has 0 spiro atoms. The minimum Gasteiger partial charge on any atom is -0.493 e. The maximum absolute atomic E-state index is 11.8. The molecule has 0 saturated carbocycles. The minimum atomic E-state index is -1.53. The Hall–Kier alpha value is -1.46. The van der Waals surface area contributed by atoms with E-state index in [4.69, 9.17) is 25.8 Å². The van der Waals surface area contributed by atoms with Crippen LogP contribution in [0, 0.1) is 0 Å². The monoisotopic (exact) mass is 316 g/mol. The maximum Gasteiger partial charge on any atom is 0.339 e. The van der Waals surface area contributed by atoms with E-state index in [9.17, 15) is 9.90 Å². The summed E-state index contributed by atoms with van der Waals surface area (Å²) in [5.74, 6) is -0.0532. The highest BCUT2D eigenvalue weighted by molar-refractivity contribution is 6.32. The van der Waals surface area contributed by atoms with Crippen molar-refractivity contribution in [1.82, 2.24) is 0 Å². The van der Waals surface area contributed by atoms with E-state index in [0.29, 0.717) is 5.75 Å². The number of benzene rings is 1. The first kappa shape index (κ1) is 17.6. The second-order valence-electron chi connectivity index (χ2n) is 4.74. The van der Waals surface area contributed by atoms with E-state index in [2.05, 4.69) is 0 Å². The van der Waals surface area contributed by atoms with Crippen LogP contribution < -0.4 is 9.47 Å². The van der Waals surface area contributed by atoms with Crippen molar-refractivity contribution in [1.29, 1.82) is 0 Å². The number of hydrogen-bond donors (Lipinski definition) is 1. The largest absolute Gasteiger partial charge is 0.493 e. The second-order valence-corrected chi connectivity index (χ2v) is 5.12. The van der Waals surface area contributed by atoms with Gasteiger partial charge >= 0.3 is 5.97 Å². The summed E-state index contributed by atoms with van der Waals surface area (Å²) < 4.78 is 15.4. The van der Waals surface area contributed by atoms with Gasteiger partial charge in [-0.15, -0.1) is 0 Å². The quantitative estimate of drug-likeness (QED) is 0.817. The number of aliphatic hydroxyl groups is 1. The first-order chi connectivity index (χ1) is 9.88. The fourth-order valence-corrected chi connectivity index (χ4v) is 2.49. The molecule has 5 nitrogen and oxygen atoms in total. The number of esters is 1.